The molecule has 0 aromatic heterocycles. The standard InChI is InChI=1S/C31H46N2O6/c1-3-31(34)33(29-14-17-32(18-15-29)16-13-27-7-5-4-6-8-27)28-9-11-30(12-10-28)39-26-25-38-24-23-37-22-21-36-20-19-35-2/h4-12,29H,3,13-26H2,1-2H3. The fraction of sp³-hybridized carbons (Fsp3) is 0.581. The molecular weight excluding hydrogens is 496 g/mol. The van der Waals surface area contributed by atoms with Crippen LogP contribution in [0.4, 0.5) is 5.69 Å². The second-order valence-corrected chi connectivity index (χ2v) is 9.60. The van der Waals surface area contributed by atoms with E-state index in [1.807, 2.05) is 36.1 Å². The Labute approximate surface area is 234 Å². The predicted octanol–water partition coefficient (Wildman–Crippen LogP) is 4.21. The zero-order chi connectivity index (χ0) is 27.5. The molecule has 0 unspecified atom stereocenters. The maximum Gasteiger partial charge on any atom is 0.226 e. The molecule has 1 heterocycles. The van der Waals surface area contributed by atoms with Gasteiger partial charge in [0.1, 0.15) is 12.4 Å². The van der Waals surface area contributed by atoms with Gasteiger partial charge in [-0.3, -0.25) is 4.79 Å². The Morgan fingerprint density at radius 3 is 2.00 bits per heavy atom. The first kappa shape index (κ1) is 31.0. The van der Waals surface area contributed by atoms with Crippen molar-refractivity contribution in [1.29, 1.82) is 0 Å². The Morgan fingerprint density at radius 1 is 0.821 bits per heavy atom. The lowest BCUT2D eigenvalue weighted by atomic mass is 10.0. The lowest BCUT2D eigenvalue weighted by Crippen LogP contribution is -2.47. The van der Waals surface area contributed by atoms with Crippen molar-refractivity contribution in [1.82, 2.24) is 4.90 Å². The number of carbonyl (C=O) groups excluding carboxylic acids is 1. The van der Waals surface area contributed by atoms with Crippen molar-refractivity contribution >= 4 is 11.6 Å². The van der Waals surface area contributed by atoms with Crippen molar-refractivity contribution in [3.05, 3.63) is 60.2 Å². The number of carbonyl (C=O) groups is 1. The Morgan fingerprint density at radius 2 is 1.41 bits per heavy atom. The summed E-state index contributed by atoms with van der Waals surface area (Å²) in [6.45, 7) is 9.27. The molecule has 1 saturated heterocycles. The molecule has 0 N–H and O–H groups in total. The van der Waals surface area contributed by atoms with Crippen molar-refractivity contribution in [2.75, 3.05) is 84.5 Å². The molecule has 39 heavy (non-hydrogen) atoms. The lowest BCUT2D eigenvalue weighted by molar-refractivity contribution is -0.119. The smallest absolute Gasteiger partial charge is 0.226 e. The predicted molar refractivity (Wildman–Crippen MR) is 154 cm³/mol. The minimum atomic E-state index is 0.170. The van der Waals surface area contributed by atoms with Gasteiger partial charge in [-0.2, -0.15) is 0 Å². The van der Waals surface area contributed by atoms with Gasteiger partial charge in [0.05, 0.1) is 46.2 Å². The molecule has 0 bridgehead atoms. The first-order valence-electron chi connectivity index (χ1n) is 14.2. The summed E-state index contributed by atoms with van der Waals surface area (Å²) in [4.78, 5) is 17.4. The summed E-state index contributed by atoms with van der Waals surface area (Å²) < 4.78 is 27.1. The van der Waals surface area contributed by atoms with Crippen molar-refractivity contribution in [3.63, 3.8) is 0 Å². The first-order chi connectivity index (χ1) is 19.2. The third-order valence-electron chi connectivity index (χ3n) is 6.84. The Hall–Kier alpha value is -2.49. The molecule has 216 valence electrons. The highest BCUT2D eigenvalue weighted by atomic mass is 16.6. The van der Waals surface area contributed by atoms with Crippen LogP contribution in [0.15, 0.2) is 54.6 Å². The summed E-state index contributed by atoms with van der Waals surface area (Å²) in [7, 11) is 1.65. The van der Waals surface area contributed by atoms with E-state index in [4.69, 9.17) is 23.7 Å². The molecule has 0 atom stereocenters. The van der Waals surface area contributed by atoms with E-state index < -0.39 is 0 Å². The van der Waals surface area contributed by atoms with Crippen LogP contribution >= 0.6 is 0 Å². The number of rotatable bonds is 19. The van der Waals surface area contributed by atoms with Crippen molar-refractivity contribution in [2.24, 2.45) is 0 Å². The van der Waals surface area contributed by atoms with Gasteiger partial charge >= 0.3 is 0 Å². The Kier molecular flexibility index (Phi) is 14.9. The van der Waals surface area contributed by atoms with E-state index in [1.54, 1.807) is 7.11 Å². The van der Waals surface area contributed by atoms with Gasteiger partial charge in [-0.05, 0) is 49.1 Å². The highest BCUT2D eigenvalue weighted by molar-refractivity contribution is 5.93. The first-order valence-corrected chi connectivity index (χ1v) is 14.2. The fourth-order valence-electron chi connectivity index (χ4n) is 4.67. The Bertz CT molecular complexity index is 903. The molecule has 0 radical (unpaired) electrons. The second-order valence-electron chi connectivity index (χ2n) is 9.60. The van der Waals surface area contributed by atoms with Crippen LogP contribution < -0.4 is 9.64 Å². The van der Waals surface area contributed by atoms with Crippen molar-refractivity contribution in [2.45, 2.75) is 38.6 Å². The second kappa shape index (κ2) is 18.7. The van der Waals surface area contributed by atoms with Gasteiger partial charge in [-0.15, -0.1) is 0 Å². The van der Waals surface area contributed by atoms with E-state index >= 15 is 0 Å². The van der Waals surface area contributed by atoms with Crippen LogP contribution in [0, 0.1) is 0 Å². The molecule has 8 heteroatoms. The zero-order valence-corrected chi connectivity index (χ0v) is 23.7. The van der Waals surface area contributed by atoms with Crippen molar-refractivity contribution < 1.29 is 28.5 Å². The molecule has 2 aromatic carbocycles. The molecule has 1 amide bonds. The fourth-order valence-corrected chi connectivity index (χ4v) is 4.67. The number of hydrogen-bond acceptors (Lipinski definition) is 7. The lowest BCUT2D eigenvalue weighted by Gasteiger charge is -2.38. The van der Waals surface area contributed by atoms with Crippen molar-refractivity contribution in [3.8, 4) is 5.75 Å². The molecule has 1 aliphatic heterocycles. The maximum atomic E-state index is 12.9. The monoisotopic (exact) mass is 542 g/mol. The van der Waals surface area contributed by atoms with E-state index in [1.165, 1.54) is 5.56 Å². The van der Waals surface area contributed by atoms with Gasteiger partial charge in [-0.25, -0.2) is 0 Å². The number of ether oxygens (including phenoxy) is 5. The van der Waals surface area contributed by atoms with Gasteiger partial charge in [0.15, 0.2) is 0 Å². The van der Waals surface area contributed by atoms with Gasteiger partial charge in [0, 0.05) is 44.9 Å². The van der Waals surface area contributed by atoms with Gasteiger partial charge in [0.2, 0.25) is 5.91 Å². The molecule has 0 aliphatic carbocycles. The normalized spacial score (nSPS) is 14.4. The average Bonchev–Trinajstić information content (AvgIpc) is 2.98. The van der Waals surface area contributed by atoms with Gasteiger partial charge in [-0.1, -0.05) is 37.3 Å². The molecular formula is C31H46N2O6. The van der Waals surface area contributed by atoms with Gasteiger partial charge < -0.3 is 33.5 Å². The quantitative estimate of drug-likeness (QED) is 0.246. The SMILES string of the molecule is CCC(=O)N(c1ccc(OCCOCCOCCOCCOC)cc1)C1CCN(CCc2ccccc2)CC1. The molecule has 3 rings (SSSR count). The average molecular weight is 543 g/mol. The van der Waals surface area contributed by atoms with Crippen LogP contribution in [0.25, 0.3) is 0 Å². The number of benzene rings is 2. The molecule has 0 saturated carbocycles. The minimum absolute atomic E-state index is 0.170. The Balaban J connectivity index is 1.34. The molecule has 1 aliphatic rings. The topological polar surface area (TPSA) is 69.7 Å². The number of nitrogens with zero attached hydrogens (tertiary/aromatic N) is 2. The summed E-state index contributed by atoms with van der Waals surface area (Å²) >= 11 is 0. The minimum Gasteiger partial charge on any atom is -0.491 e. The number of piperidine rings is 1. The van der Waals surface area contributed by atoms with E-state index in [0.717, 1.165) is 50.3 Å². The van der Waals surface area contributed by atoms with E-state index in [9.17, 15) is 4.79 Å². The van der Waals surface area contributed by atoms with Crippen LogP contribution in [0.1, 0.15) is 31.7 Å². The third-order valence-corrected chi connectivity index (χ3v) is 6.84. The number of hydrogen-bond donors (Lipinski definition) is 0. The largest absolute Gasteiger partial charge is 0.491 e. The number of anilines is 1. The molecule has 8 nitrogen and oxygen atoms in total. The van der Waals surface area contributed by atoms with E-state index in [2.05, 4.69) is 35.2 Å². The van der Waals surface area contributed by atoms with Gasteiger partial charge in [0.25, 0.3) is 0 Å². The molecule has 1 fully saturated rings. The van der Waals surface area contributed by atoms with E-state index in [0.29, 0.717) is 59.3 Å². The zero-order valence-electron chi connectivity index (χ0n) is 23.7. The highest BCUT2D eigenvalue weighted by Gasteiger charge is 2.28. The number of methoxy groups -OCH3 is 1. The molecule has 0 spiro atoms. The van der Waals surface area contributed by atoms with Crippen LogP contribution in [0.5, 0.6) is 5.75 Å². The summed E-state index contributed by atoms with van der Waals surface area (Å²) in [6, 6.07) is 18.7. The van der Waals surface area contributed by atoms with Crippen LogP contribution in [0.2, 0.25) is 0 Å². The maximum absolute atomic E-state index is 12.9. The van der Waals surface area contributed by atoms with Crippen LogP contribution in [0.3, 0.4) is 0 Å². The third kappa shape index (κ3) is 11.6. The summed E-state index contributed by atoms with van der Waals surface area (Å²) in [6.07, 6.45) is 3.53. The molecule has 2 aromatic rings. The number of amides is 1. The summed E-state index contributed by atoms with van der Waals surface area (Å²) in [5.41, 5.74) is 2.32. The van der Waals surface area contributed by atoms with E-state index in [-0.39, 0.29) is 11.9 Å². The summed E-state index contributed by atoms with van der Waals surface area (Å²) in [5, 5.41) is 0. The van der Waals surface area contributed by atoms with Crippen LogP contribution in [-0.4, -0.2) is 96.4 Å². The highest BCUT2D eigenvalue weighted by Crippen LogP contribution is 2.27. The number of likely N-dealkylation sites (tertiary alicyclic amines) is 1. The van der Waals surface area contributed by atoms with Crippen LogP contribution in [-0.2, 0) is 30.2 Å². The summed E-state index contributed by atoms with van der Waals surface area (Å²) in [5.74, 6) is 0.940.